The van der Waals surface area contributed by atoms with Gasteiger partial charge in [0.1, 0.15) is 11.4 Å². The number of piperidine rings is 1. The minimum Gasteiger partial charge on any atom is -0.508 e. The number of aromatic hydroxyl groups is 1. The largest absolute Gasteiger partial charge is 0.508 e. The van der Waals surface area contributed by atoms with Gasteiger partial charge in [-0.2, -0.15) is 0 Å². The van der Waals surface area contributed by atoms with Crippen LogP contribution in [0.5, 0.6) is 5.75 Å². The van der Waals surface area contributed by atoms with Gasteiger partial charge in [0, 0.05) is 18.5 Å². The molecule has 2 fully saturated rings. The number of rotatable bonds is 2. The van der Waals surface area contributed by atoms with E-state index in [1.807, 2.05) is 12.1 Å². The molecule has 0 amide bonds. The summed E-state index contributed by atoms with van der Waals surface area (Å²) in [7, 11) is 0. The number of phenols is 1. The first kappa shape index (κ1) is 11.0. The molecule has 2 aliphatic heterocycles. The van der Waals surface area contributed by atoms with Crippen molar-refractivity contribution in [2.24, 2.45) is 0 Å². The third-order valence-electron chi connectivity index (χ3n) is 4.06. The van der Waals surface area contributed by atoms with Crippen LogP contribution in [0.4, 0.5) is 4.39 Å². The van der Waals surface area contributed by atoms with Gasteiger partial charge in [0.05, 0.1) is 0 Å². The highest BCUT2D eigenvalue weighted by atomic mass is 19.1. The SMILES string of the molecule is Oc1ccccc1CC1(F)CC2CCC(C1)N2. The first-order valence-electron chi connectivity index (χ1n) is 6.36. The Hall–Kier alpha value is -1.09. The molecule has 2 heterocycles. The quantitative estimate of drug-likeness (QED) is 0.825. The number of hydrogen-bond donors (Lipinski definition) is 2. The summed E-state index contributed by atoms with van der Waals surface area (Å²) in [6.07, 6.45) is 3.69. The normalized spacial score (nSPS) is 36.1. The lowest BCUT2D eigenvalue weighted by atomic mass is 9.84. The maximum absolute atomic E-state index is 14.8. The average molecular weight is 235 g/mol. The van der Waals surface area contributed by atoms with E-state index in [1.165, 1.54) is 0 Å². The molecule has 2 aliphatic rings. The van der Waals surface area contributed by atoms with Crippen LogP contribution in [0, 0.1) is 0 Å². The fourth-order valence-electron chi connectivity index (χ4n) is 3.34. The first-order chi connectivity index (χ1) is 8.15. The first-order valence-corrected chi connectivity index (χ1v) is 6.36. The van der Waals surface area contributed by atoms with Gasteiger partial charge in [0.25, 0.3) is 0 Å². The number of para-hydroxylation sites is 1. The molecule has 3 rings (SSSR count). The molecule has 2 unspecified atom stereocenters. The Labute approximate surface area is 101 Å². The van der Waals surface area contributed by atoms with Crippen LogP contribution in [0.25, 0.3) is 0 Å². The lowest BCUT2D eigenvalue weighted by molar-refractivity contribution is 0.0886. The molecule has 0 spiro atoms. The summed E-state index contributed by atoms with van der Waals surface area (Å²) in [5.74, 6) is 0.218. The van der Waals surface area contributed by atoms with Crippen molar-refractivity contribution in [3.8, 4) is 5.75 Å². The van der Waals surface area contributed by atoms with Crippen LogP contribution in [-0.4, -0.2) is 22.9 Å². The second kappa shape index (κ2) is 3.98. The molecule has 3 heteroatoms. The van der Waals surface area contributed by atoms with Crippen molar-refractivity contribution in [1.29, 1.82) is 0 Å². The number of alkyl halides is 1. The van der Waals surface area contributed by atoms with E-state index >= 15 is 0 Å². The average Bonchev–Trinajstić information content (AvgIpc) is 2.62. The van der Waals surface area contributed by atoms with Crippen molar-refractivity contribution in [2.45, 2.75) is 49.9 Å². The number of halogens is 1. The second-order valence-electron chi connectivity index (χ2n) is 5.50. The Balaban J connectivity index is 1.78. The Kier molecular flexibility index (Phi) is 2.58. The van der Waals surface area contributed by atoms with Crippen LogP contribution in [0.1, 0.15) is 31.2 Å². The van der Waals surface area contributed by atoms with Crippen molar-refractivity contribution in [3.63, 3.8) is 0 Å². The van der Waals surface area contributed by atoms with Crippen molar-refractivity contribution in [2.75, 3.05) is 0 Å². The molecule has 1 aromatic rings. The topological polar surface area (TPSA) is 32.3 Å². The fourth-order valence-corrected chi connectivity index (χ4v) is 3.34. The summed E-state index contributed by atoms with van der Waals surface area (Å²) in [4.78, 5) is 0. The van der Waals surface area contributed by atoms with Crippen LogP contribution in [0.3, 0.4) is 0 Å². The minimum atomic E-state index is -1.14. The highest BCUT2D eigenvalue weighted by molar-refractivity contribution is 5.33. The van der Waals surface area contributed by atoms with Gasteiger partial charge in [-0.1, -0.05) is 18.2 Å². The Bertz CT molecular complexity index is 408. The van der Waals surface area contributed by atoms with Crippen LogP contribution in [0.2, 0.25) is 0 Å². The monoisotopic (exact) mass is 235 g/mol. The molecule has 2 N–H and O–H groups in total. The van der Waals surface area contributed by atoms with E-state index in [-0.39, 0.29) is 5.75 Å². The number of phenolic OH excluding ortho intramolecular Hbond substituents is 1. The van der Waals surface area contributed by atoms with Crippen LogP contribution < -0.4 is 5.32 Å². The second-order valence-corrected chi connectivity index (χ2v) is 5.50. The van der Waals surface area contributed by atoms with E-state index in [2.05, 4.69) is 5.32 Å². The van der Waals surface area contributed by atoms with E-state index < -0.39 is 5.67 Å². The summed E-state index contributed by atoms with van der Waals surface area (Å²) >= 11 is 0. The highest BCUT2D eigenvalue weighted by Gasteiger charge is 2.44. The third-order valence-corrected chi connectivity index (χ3v) is 4.06. The van der Waals surface area contributed by atoms with E-state index in [4.69, 9.17) is 0 Å². The van der Waals surface area contributed by atoms with Gasteiger partial charge in [0.2, 0.25) is 0 Å². The zero-order valence-corrected chi connectivity index (χ0v) is 9.82. The maximum atomic E-state index is 14.8. The van der Waals surface area contributed by atoms with E-state index in [1.54, 1.807) is 12.1 Å². The molecule has 2 nitrogen and oxygen atoms in total. The van der Waals surface area contributed by atoms with E-state index in [0.29, 0.717) is 31.3 Å². The Morgan fingerprint density at radius 1 is 1.24 bits per heavy atom. The summed E-state index contributed by atoms with van der Waals surface area (Å²) < 4.78 is 14.8. The number of benzene rings is 1. The lowest BCUT2D eigenvalue weighted by Crippen LogP contribution is -2.47. The molecule has 0 aliphatic carbocycles. The predicted octanol–water partition coefficient (Wildman–Crippen LogP) is 2.56. The van der Waals surface area contributed by atoms with Gasteiger partial charge in [-0.05, 0) is 37.3 Å². The smallest absolute Gasteiger partial charge is 0.118 e. The number of fused-ring (bicyclic) bond motifs is 2. The Morgan fingerprint density at radius 2 is 1.88 bits per heavy atom. The summed E-state index contributed by atoms with van der Waals surface area (Å²) in [6, 6.07) is 7.76. The van der Waals surface area contributed by atoms with E-state index in [9.17, 15) is 9.50 Å². The molecule has 2 bridgehead atoms. The summed E-state index contributed by atoms with van der Waals surface area (Å²) in [5.41, 5.74) is -0.410. The van der Waals surface area contributed by atoms with Gasteiger partial charge in [-0.15, -0.1) is 0 Å². The lowest BCUT2D eigenvalue weighted by Gasteiger charge is -2.35. The maximum Gasteiger partial charge on any atom is 0.118 e. The van der Waals surface area contributed by atoms with Gasteiger partial charge in [-0.3, -0.25) is 0 Å². The van der Waals surface area contributed by atoms with E-state index in [0.717, 1.165) is 18.4 Å². The van der Waals surface area contributed by atoms with Gasteiger partial charge < -0.3 is 10.4 Å². The molecular weight excluding hydrogens is 217 g/mol. The van der Waals surface area contributed by atoms with Crippen molar-refractivity contribution >= 4 is 0 Å². The standard InChI is InChI=1S/C14H18FNO/c15-14(7-10-3-1-2-4-13(10)17)8-11-5-6-12(9-14)16-11/h1-4,11-12,16-17H,5-9H2. The van der Waals surface area contributed by atoms with Crippen molar-refractivity contribution in [1.82, 2.24) is 5.32 Å². The molecule has 0 saturated carbocycles. The number of hydrogen-bond acceptors (Lipinski definition) is 2. The summed E-state index contributed by atoms with van der Waals surface area (Å²) in [5, 5.41) is 13.2. The van der Waals surface area contributed by atoms with Crippen LogP contribution >= 0.6 is 0 Å². The molecule has 0 radical (unpaired) electrons. The zero-order chi connectivity index (χ0) is 11.9. The fraction of sp³-hybridized carbons (Fsp3) is 0.571. The molecular formula is C14H18FNO. The van der Waals surface area contributed by atoms with Crippen molar-refractivity contribution < 1.29 is 9.50 Å². The summed E-state index contributed by atoms with van der Waals surface area (Å²) in [6.45, 7) is 0. The zero-order valence-electron chi connectivity index (χ0n) is 9.82. The van der Waals surface area contributed by atoms with Gasteiger partial charge >= 0.3 is 0 Å². The Morgan fingerprint density at radius 3 is 2.53 bits per heavy atom. The molecule has 1 aromatic carbocycles. The van der Waals surface area contributed by atoms with Crippen LogP contribution in [-0.2, 0) is 6.42 Å². The van der Waals surface area contributed by atoms with Gasteiger partial charge in [-0.25, -0.2) is 4.39 Å². The molecule has 2 saturated heterocycles. The molecule has 2 atom stereocenters. The molecule has 92 valence electrons. The van der Waals surface area contributed by atoms with Crippen LogP contribution in [0.15, 0.2) is 24.3 Å². The number of nitrogens with one attached hydrogen (secondary N) is 1. The predicted molar refractivity (Wildman–Crippen MR) is 64.8 cm³/mol. The minimum absolute atomic E-state index is 0.218. The third kappa shape index (κ3) is 2.16. The van der Waals surface area contributed by atoms with Gasteiger partial charge in [0.15, 0.2) is 0 Å². The highest BCUT2D eigenvalue weighted by Crippen LogP contribution is 2.39. The molecule has 0 aromatic heterocycles. The van der Waals surface area contributed by atoms with Crippen molar-refractivity contribution in [3.05, 3.63) is 29.8 Å². The molecule has 17 heavy (non-hydrogen) atoms.